The van der Waals surface area contributed by atoms with Crippen molar-refractivity contribution in [3.05, 3.63) is 101 Å². The maximum Gasteiger partial charge on any atom is 0.243 e. The van der Waals surface area contributed by atoms with Gasteiger partial charge in [-0.15, -0.1) is 0 Å². The summed E-state index contributed by atoms with van der Waals surface area (Å²) >= 11 is 0. The summed E-state index contributed by atoms with van der Waals surface area (Å²) in [5.41, 5.74) is 4.02. The van der Waals surface area contributed by atoms with Crippen LogP contribution in [0.15, 0.2) is 78.9 Å². The number of rotatable bonds is 11. The number of aryl methyl sites for hydroxylation is 1. The second-order valence-corrected chi connectivity index (χ2v) is 9.06. The molecule has 0 aromatic heterocycles. The lowest BCUT2D eigenvalue weighted by Crippen LogP contribution is -2.52. The molecular formula is C30H36N2O3. The smallest absolute Gasteiger partial charge is 0.243 e. The summed E-state index contributed by atoms with van der Waals surface area (Å²) in [6.45, 7) is 6.42. The summed E-state index contributed by atoms with van der Waals surface area (Å²) in [7, 11) is 1.62. The van der Waals surface area contributed by atoms with Crippen molar-refractivity contribution in [3.8, 4) is 5.75 Å². The van der Waals surface area contributed by atoms with E-state index in [1.165, 1.54) is 0 Å². The molecule has 3 aromatic rings. The summed E-state index contributed by atoms with van der Waals surface area (Å²) < 4.78 is 5.25. The van der Waals surface area contributed by atoms with Crippen LogP contribution in [0.5, 0.6) is 5.75 Å². The van der Waals surface area contributed by atoms with Gasteiger partial charge in [0.25, 0.3) is 0 Å². The zero-order chi connectivity index (χ0) is 25.2. The first-order valence-electron chi connectivity index (χ1n) is 12.2. The van der Waals surface area contributed by atoms with Gasteiger partial charge in [-0.05, 0) is 49.1 Å². The van der Waals surface area contributed by atoms with Gasteiger partial charge in [0.1, 0.15) is 11.8 Å². The average molecular weight is 473 g/mol. The Hall–Kier alpha value is -3.60. The van der Waals surface area contributed by atoms with E-state index in [-0.39, 0.29) is 24.3 Å². The maximum absolute atomic E-state index is 13.8. The monoisotopic (exact) mass is 472 g/mol. The molecule has 0 aliphatic heterocycles. The number of nitrogens with zero attached hydrogens (tertiary/aromatic N) is 1. The van der Waals surface area contributed by atoms with Crippen LogP contribution in [-0.2, 0) is 29.0 Å². The topological polar surface area (TPSA) is 58.6 Å². The third-order valence-corrected chi connectivity index (χ3v) is 6.22. The van der Waals surface area contributed by atoms with E-state index in [2.05, 4.69) is 11.4 Å². The van der Waals surface area contributed by atoms with Crippen LogP contribution in [0.25, 0.3) is 0 Å². The Morgan fingerprint density at radius 1 is 0.914 bits per heavy atom. The Balaban J connectivity index is 1.95. The predicted octanol–water partition coefficient (Wildman–Crippen LogP) is 5.10. The van der Waals surface area contributed by atoms with Crippen LogP contribution in [0.1, 0.15) is 42.5 Å². The van der Waals surface area contributed by atoms with E-state index in [0.717, 1.165) is 34.4 Å². The van der Waals surface area contributed by atoms with Crippen molar-refractivity contribution >= 4 is 11.8 Å². The molecule has 0 saturated carbocycles. The van der Waals surface area contributed by atoms with E-state index < -0.39 is 6.04 Å². The van der Waals surface area contributed by atoms with Crippen molar-refractivity contribution in [1.82, 2.24) is 10.2 Å². The van der Waals surface area contributed by atoms with Crippen molar-refractivity contribution in [3.63, 3.8) is 0 Å². The highest BCUT2D eigenvalue weighted by atomic mass is 16.5. The third-order valence-electron chi connectivity index (χ3n) is 6.22. The lowest BCUT2D eigenvalue weighted by atomic mass is 10.0. The van der Waals surface area contributed by atoms with Crippen LogP contribution >= 0.6 is 0 Å². The van der Waals surface area contributed by atoms with Crippen molar-refractivity contribution in [1.29, 1.82) is 0 Å². The fourth-order valence-electron chi connectivity index (χ4n) is 4.02. The fourth-order valence-corrected chi connectivity index (χ4v) is 4.02. The molecular weight excluding hydrogens is 436 g/mol. The SMILES string of the molecule is CC[C@@H](C)NC(=O)[C@@H](Cc1ccccc1)N(Cc1cccc(C)c1)C(=O)Cc1ccc(OC)cc1. The van der Waals surface area contributed by atoms with Crippen LogP contribution < -0.4 is 10.1 Å². The molecule has 3 aromatic carbocycles. The number of carbonyl (C=O) groups excluding carboxylic acids is 2. The zero-order valence-corrected chi connectivity index (χ0v) is 21.2. The molecule has 0 heterocycles. The first-order chi connectivity index (χ1) is 16.9. The van der Waals surface area contributed by atoms with E-state index in [9.17, 15) is 9.59 Å². The molecule has 3 rings (SSSR count). The highest BCUT2D eigenvalue weighted by molar-refractivity contribution is 5.89. The molecule has 0 aliphatic rings. The molecule has 0 radical (unpaired) electrons. The molecule has 1 N–H and O–H groups in total. The Morgan fingerprint density at radius 3 is 2.23 bits per heavy atom. The minimum Gasteiger partial charge on any atom is -0.497 e. The largest absolute Gasteiger partial charge is 0.497 e. The molecule has 0 spiro atoms. The summed E-state index contributed by atoms with van der Waals surface area (Å²) in [5, 5.41) is 3.11. The zero-order valence-electron chi connectivity index (χ0n) is 21.2. The number of carbonyl (C=O) groups is 2. The highest BCUT2D eigenvalue weighted by Gasteiger charge is 2.31. The normalized spacial score (nSPS) is 12.5. The van der Waals surface area contributed by atoms with E-state index in [4.69, 9.17) is 4.74 Å². The number of ether oxygens (including phenoxy) is 1. The summed E-state index contributed by atoms with van der Waals surface area (Å²) in [4.78, 5) is 29.0. The van der Waals surface area contributed by atoms with Crippen molar-refractivity contribution in [2.24, 2.45) is 0 Å². The molecule has 0 aliphatic carbocycles. The average Bonchev–Trinajstić information content (AvgIpc) is 2.87. The van der Waals surface area contributed by atoms with Gasteiger partial charge in [-0.1, -0.05) is 79.2 Å². The molecule has 35 heavy (non-hydrogen) atoms. The molecule has 5 nitrogen and oxygen atoms in total. The molecule has 0 bridgehead atoms. The summed E-state index contributed by atoms with van der Waals surface area (Å²) in [5.74, 6) is 0.531. The number of amides is 2. The number of hydrogen-bond acceptors (Lipinski definition) is 3. The van der Waals surface area contributed by atoms with Crippen molar-refractivity contribution in [2.45, 2.75) is 58.7 Å². The number of methoxy groups -OCH3 is 1. The lowest BCUT2D eigenvalue weighted by Gasteiger charge is -2.32. The van der Waals surface area contributed by atoms with Crippen LogP contribution in [0.2, 0.25) is 0 Å². The van der Waals surface area contributed by atoms with Gasteiger partial charge in [0, 0.05) is 19.0 Å². The number of benzene rings is 3. The van der Waals surface area contributed by atoms with Gasteiger partial charge in [0.2, 0.25) is 11.8 Å². The van der Waals surface area contributed by atoms with E-state index in [1.807, 2.05) is 93.6 Å². The molecule has 0 fully saturated rings. The summed E-state index contributed by atoms with van der Waals surface area (Å²) in [6, 6.07) is 24.9. The Labute approximate surface area is 209 Å². The maximum atomic E-state index is 13.8. The molecule has 184 valence electrons. The number of nitrogens with one attached hydrogen (secondary N) is 1. The number of hydrogen-bond donors (Lipinski definition) is 1. The molecule has 2 amide bonds. The van der Waals surface area contributed by atoms with Crippen molar-refractivity contribution in [2.75, 3.05) is 7.11 Å². The molecule has 0 saturated heterocycles. The summed E-state index contributed by atoms with van der Waals surface area (Å²) in [6.07, 6.45) is 1.47. The first-order valence-corrected chi connectivity index (χ1v) is 12.2. The predicted molar refractivity (Wildman–Crippen MR) is 140 cm³/mol. The van der Waals surface area contributed by atoms with E-state index >= 15 is 0 Å². The van der Waals surface area contributed by atoms with Crippen LogP contribution in [0, 0.1) is 6.92 Å². The Bertz CT molecular complexity index is 1100. The van der Waals surface area contributed by atoms with Gasteiger partial charge in [-0.2, -0.15) is 0 Å². The third kappa shape index (κ3) is 7.71. The fraction of sp³-hybridized carbons (Fsp3) is 0.333. The van der Waals surface area contributed by atoms with E-state index in [1.54, 1.807) is 12.0 Å². The second-order valence-electron chi connectivity index (χ2n) is 9.06. The minimum atomic E-state index is -0.627. The van der Waals surface area contributed by atoms with Crippen LogP contribution in [-0.4, -0.2) is 35.9 Å². The lowest BCUT2D eigenvalue weighted by molar-refractivity contribution is -0.141. The molecule has 2 atom stereocenters. The molecule has 0 unspecified atom stereocenters. The second kappa shape index (κ2) is 12.7. The Morgan fingerprint density at radius 2 is 1.60 bits per heavy atom. The van der Waals surface area contributed by atoms with Crippen LogP contribution in [0.4, 0.5) is 0 Å². The quantitative estimate of drug-likeness (QED) is 0.422. The highest BCUT2D eigenvalue weighted by Crippen LogP contribution is 2.19. The van der Waals surface area contributed by atoms with Gasteiger partial charge in [-0.3, -0.25) is 9.59 Å². The van der Waals surface area contributed by atoms with Gasteiger partial charge in [-0.25, -0.2) is 0 Å². The standard InChI is InChI=1S/C30H36N2O3/c1-5-23(3)31-30(34)28(19-24-11-7-6-8-12-24)32(21-26-13-9-10-22(2)18-26)29(33)20-25-14-16-27(35-4)17-15-25/h6-18,23,28H,5,19-21H2,1-4H3,(H,31,34)/t23-,28-/m1/s1. The van der Waals surface area contributed by atoms with Crippen molar-refractivity contribution < 1.29 is 14.3 Å². The first kappa shape index (κ1) is 26.0. The van der Waals surface area contributed by atoms with Gasteiger partial charge in [0.05, 0.1) is 13.5 Å². The van der Waals surface area contributed by atoms with Gasteiger partial charge < -0.3 is 15.0 Å². The molecule has 5 heteroatoms. The van der Waals surface area contributed by atoms with Crippen LogP contribution in [0.3, 0.4) is 0 Å². The van der Waals surface area contributed by atoms with Gasteiger partial charge in [0.15, 0.2) is 0 Å². The Kier molecular flexibility index (Phi) is 9.47. The minimum absolute atomic E-state index is 0.0262. The van der Waals surface area contributed by atoms with E-state index in [0.29, 0.717) is 13.0 Å². The van der Waals surface area contributed by atoms with Gasteiger partial charge >= 0.3 is 0 Å².